The highest BCUT2D eigenvalue weighted by atomic mass is 16.5. The Labute approximate surface area is 135 Å². The molecule has 112 valence electrons. The molecule has 0 amide bonds. The molecule has 0 saturated heterocycles. The van der Waals surface area contributed by atoms with Crippen molar-refractivity contribution in [2.24, 2.45) is 4.99 Å². The van der Waals surface area contributed by atoms with Gasteiger partial charge in [-0.25, -0.2) is 0 Å². The lowest BCUT2D eigenvalue weighted by atomic mass is 9.90. The lowest BCUT2D eigenvalue weighted by Gasteiger charge is -2.33. The fourth-order valence-corrected chi connectivity index (χ4v) is 2.78. The van der Waals surface area contributed by atoms with E-state index < -0.39 is 0 Å². The standard InChI is InChI=1S/C19H15N3O/c1-19(2)10-17(22-12-21)16-9-15(6-7-18(16)23-19)14-5-3-4-13(8-14)11-20/h3-9H,10H2,1-2H3. The molecule has 2 aromatic carbocycles. The molecule has 1 heterocycles. The third kappa shape index (κ3) is 2.93. The van der Waals surface area contributed by atoms with E-state index in [9.17, 15) is 0 Å². The molecular formula is C19H15N3O. The summed E-state index contributed by atoms with van der Waals surface area (Å²) in [6.07, 6.45) is 2.46. The second-order valence-corrected chi connectivity index (χ2v) is 6.10. The van der Waals surface area contributed by atoms with Crippen LogP contribution in [0.5, 0.6) is 5.75 Å². The average Bonchev–Trinajstić information content (AvgIpc) is 2.54. The van der Waals surface area contributed by atoms with Crippen molar-refractivity contribution in [3.8, 4) is 29.1 Å². The topological polar surface area (TPSA) is 69.2 Å². The number of rotatable bonds is 1. The number of hydrogen-bond donors (Lipinski definition) is 0. The molecule has 0 aliphatic carbocycles. The summed E-state index contributed by atoms with van der Waals surface area (Å²) >= 11 is 0. The van der Waals surface area contributed by atoms with E-state index in [2.05, 4.69) is 11.1 Å². The molecule has 0 aromatic heterocycles. The van der Waals surface area contributed by atoms with Gasteiger partial charge in [0.15, 0.2) is 0 Å². The van der Waals surface area contributed by atoms with Crippen LogP contribution in [0.25, 0.3) is 11.1 Å². The normalized spacial score (nSPS) is 16.8. The molecule has 1 aliphatic heterocycles. The summed E-state index contributed by atoms with van der Waals surface area (Å²) in [5.41, 5.74) is 3.72. The van der Waals surface area contributed by atoms with E-state index in [0.717, 1.165) is 28.2 Å². The van der Waals surface area contributed by atoms with Crippen LogP contribution in [0.2, 0.25) is 0 Å². The van der Waals surface area contributed by atoms with Gasteiger partial charge in [-0.2, -0.15) is 15.5 Å². The van der Waals surface area contributed by atoms with Crippen LogP contribution in [0.4, 0.5) is 0 Å². The van der Waals surface area contributed by atoms with E-state index in [1.165, 1.54) is 0 Å². The molecule has 0 radical (unpaired) electrons. The van der Waals surface area contributed by atoms with Crippen molar-refractivity contribution in [2.75, 3.05) is 0 Å². The summed E-state index contributed by atoms with van der Waals surface area (Å²) in [5, 5.41) is 18.0. The Balaban J connectivity index is 2.12. The highest BCUT2D eigenvalue weighted by Gasteiger charge is 2.31. The van der Waals surface area contributed by atoms with E-state index in [0.29, 0.717) is 12.0 Å². The number of nitrogens with zero attached hydrogens (tertiary/aromatic N) is 3. The summed E-state index contributed by atoms with van der Waals surface area (Å²) in [5.74, 6) is 0.732. The molecule has 0 bridgehead atoms. The van der Waals surface area contributed by atoms with Crippen molar-refractivity contribution in [3.63, 3.8) is 0 Å². The average molecular weight is 301 g/mol. The van der Waals surface area contributed by atoms with Gasteiger partial charge in [-0.15, -0.1) is 0 Å². The maximum atomic E-state index is 9.05. The smallest absolute Gasteiger partial charge is 0.205 e. The van der Waals surface area contributed by atoms with Crippen LogP contribution in [-0.4, -0.2) is 11.3 Å². The number of hydrogen-bond acceptors (Lipinski definition) is 4. The van der Waals surface area contributed by atoms with Gasteiger partial charge in [-0.3, -0.25) is 0 Å². The zero-order valence-corrected chi connectivity index (χ0v) is 13.0. The number of nitriles is 2. The van der Waals surface area contributed by atoms with Crippen LogP contribution in [-0.2, 0) is 0 Å². The molecule has 0 atom stereocenters. The van der Waals surface area contributed by atoms with Crippen LogP contribution in [0, 0.1) is 22.8 Å². The molecule has 4 heteroatoms. The van der Waals surface area contributed by atoms with Crippen molar-refractivity contribution in [1.29, 1.82) is 10.5 Å². The highest BCUT2D eigenvalue weighted by Crippen LogP contribution is 2.36. The fraction of sp³-hybridized carbons (Fsp3) is 0.211. The zero-order chi connectivity index (χ0) is 16.4. The van der Waals surface area contributed by atoms with E-state index in [4.69, 9.17) is 15.3 Å². The van der Waals surface area contributed by atoms with Crippen LogP contribution in [0.3, 0.4) is 0 Å². The number of fused-ring (bicyclic) bond motifs is 1. The summed E-state index contributed by atoms with van der Waals surface area (Å²) in [6.45, 7) is 3.96. The Morgan fingerprint density at radius 3 is 2.61 bits per heavy atom. The molecule has 0 fully saturated rings. The van der Waals surface area contributed by atoms with Crippen molar-refractivity contribution in [2.45, 2.75) is 25.9 Å². The molecule has 2 aromatic rings. The van der Waals surface area contributed by atoms with E-state index >= 15 is 0 Å². The molecule has 3 rings (SSSR count). The van der Waals surface area contributed by atoms with Crippen molar-refractivity contribution < 1.29 is 4.74 Å². The van der Waals surface area contributed by atoms with Gasteiger partial charge in [0.05, 0.1) is 17.3 Å². The summed E-state index contributed by atoms with van der Waals surface area (Å²) < 4.78 is 5.99. The molecule has 0 spiro atoms. The maximum absolute atomic E-state index is 9.05. The van der Waals surface area contributed by atoms with Crippen LogP contribution in [0.1, 0.15) is 31.4 Å². The minimum atomic E-state index is -0.384. The highest BCUT2D eigenvalue weighted by molar-refractivity contribution is 6.05. The number of benzene rings is 2. The number of ether oxygens (including phenoxy) is 1. The maximum Gasteiger partial charge on any atom is 0.205 e. The van der Waals surface area contributed by atoms with Gasteiger partial charge in [-0.1, -0.05) is 18.2 Å². The van der Waals surface area contributed by atoms with Crippen LogP contribution >= 0.6 is 0 Å². The third-order valence-electron chi connectivity index (χ3n) is 3.78. The van der Waals surface area contributed by atoms with Gasteiger partial charge < -0.3 is 4.74 Å². The van der Waals surface area contributed by atoms with Crippen molar-refractivity contribution >= 4 is 5.71 Å². The Morgan fingerprint density at radius 1 is 1.09 bits per heavy atom. The van der Waals surface area contributed by atoms with Crippen molar-refractivity contribution in [3.05, 3.63) is 53.6 Å². The van der Waals surface area contributed by atoms with Crippen LogP contribution in [0.15, 0.2) is 47.5 Å². The Hall–Kier alpha value is -3.11. The minimum Gasteiger partial charge on any atom is -0.487 e. The molecule has 1 aliphatic rings. The lowest BCUT2D eigenvalue weighted by Crippen LogP contribution is -2.36. The minimum absolute atomic E-state index is 0.384. The predicted octanol–water partition coefficient (Wildman–Crippen LogP) is 4.06. The van der Waals surface area contributed by atoms with Gasteiger partial charge in [0, 0.05) is 12.0 Å². The van der Waals surface area contributed by atoms with Gasteiger partial charge in [-0.05, 0) is 49.2 Å². The summed E-state index contributed by atoms with van der Waals surface area (Å²) in [4.78, 5) is 3.98. The molecule has 0 saturated carbocycles. The Morgan fingerprint density at radius 2 is 1.87 bits per heavy atom. The van der Waals surface area contributed by atoms with Gasteiger partial charge in [0.2, 0.25) is 6.19 Å². The third-order valence-corrected chi connectivity index (χ3v) is 3.78. The zero-order valence-electron chi connectivity index (χ0n) is 13.0. The molecule has 4 nitrogen and oxygen atoms in total. The molecule has 0 unspecified atom stereocenters. The van der Waals surface area contributed by atoms with E-state index in [1.807, 2.05) is 56.4 Å². The SMILES string of the molecule is CC1(C)CC(=NC#N)c2cc(-c3cccc(C#N)c3)ccc2O1. The van der Waals surface area contributed by atoms with Gasteiger partial charge in [0.25, 0.3) is 0 Å². The predicted molar refractivity (Wildman–Crippen MR) is 88.1 cm³/mol. The molecule has 23 heavy (non-hydrogen) atoms. The fourth-order valence-electron chi connectivity index (χ4n) is 2.78. The quantitative estimate of drug-likeness (QED) is 0.746. The van der Waals surface area contributed by atoms with Gasteiger partial charge >= 0.3 is 0 Å². The first-order valence-electron chi connectivity index (χ1n) is 7.32. The second kappa shape index (κ2) is 5.59. The Bertz CT molecular complexity index is 882. The Kier molecular flexibility index (Phi) is 3.60. The summed E-state index contributed by atoms with van der Waals surface area (Å²) in [6, 6.07) is 15.4. The molecular weight excluding hydrogens is 286 g/mol. The van der Waals surface area contributed by atoms with Crippen molar-refractivity contribution in [1.82, 2.24) is 0 Å². The first kappa shape index (κ1) is 14.8. The van der Waals surface area contributed by atoms with E-state index in [-0.39, 0.29) is 5.60 Å². The van der Waals surface area contributed by atoms with E-state index in [1.54, 1.807) is 6.07 Å². The summed E-state index contributed by atoms with van der Waals surface area (Å²) in [7, 11) is 0. The second-order valence-electron chi connectivity index (χ2n) is 6.10. The lowest BCUT2D eigenvalue weighted by molar-refractivity contribution is 0.111. The number of aliphatic imine (C=N–C) groups is 1. The largest absolute Gasteiger partial charge is 0.487 e. The molecule has 0 N–H and O–H groups in total. The first-order chi connectivity index (χ1) is 11.0. The van der Waals surface area contributed by atoms with Gasteiger partial charge in [0.1, 0.15) is 11.4 Å². The first-order valence-corrected chi connectivity index (χ1v) is 7.32. The van der Waals surface area contributed by atoms with Crippen LogP contribution < -0.4 is 4.74 Å². The monoisotopic (exact) mass is 301 g/mol.